The van der Waals surface area contributed by atoms with E-state index in [0.717, 1.165) is 0 Å². The molecule has 1 atom stereocenters. The summed E-state index contributed by atoms with van der Waals surface area (Å²) in [5.74, 6) is 0. The van der Waals surface area contributed by atoms with Crippen LogP contribution in [0.25, 0.3) is 0 Å². The van der Waals surface area contributed by atoms with Crippen molar-refractivity contribution >= 4 is 0 Å². The maximum atomic E-state index is 8.92. The van der Waals surface area contributed by atoms with Crippen molar-refractivity contribution in [3.05, 3.63) is 0 Å². The molecule has 12 heavy (non-hydrogen) atoms. The molecule has 0 aliphatic carbocycles. The SMILES string of the molecule is COC(CNCC(O)CO)OC. The first-order chi connectivity index (χ1) is 5.74. The van der Waals surface area contributed by atoms with Gasteiger partial charge in [0.25, 0.3) is 0 Å². The molecule has 0 bridgehead atoms. The predicted molar refractivity (Wildman–Crippen MR) is 43.8 cm³/mol. The van der Waals surface area contributed by atoms with Crippen LogP contribution in [0.1, 0.15) is 0 Å². The van der Waals surface area contributed by atoms with Gasteiger partial charge in [0.15, 0.2) is 6.29 Å². The summed E-state index contributed by atoms with van der Waals surface area (Å²) >= 11 is 0. The van der Waals surface area contributed by atoms with Gasteiger partial charge in [0, 0.05) is 27.3 Å². The third kappa shape index (κ3) is 5.45. The number of hydrogen-bond donors (Lipinski definition) is 3. The molecule has 5 heteroatoms. The molecule has 0 aliphatic rings. The highest BCUT2D eigenvalue weighted by Gasteiger charge is 2.05. The zero-order chi connectivity index (χ0) is 9.40. The third-order valence-corrected chi connectivity index (χ3v) is 1.43. The van der Waals surface area contributed by atoms with Crippen molar-refractivity contribution in [2.75, 3.05) is 33.9 Å². The third-order valence-electron chi connectivity index (χ3n) is 1.43. The maximum absolute atomic E-state index is 8.92. The topological polar surface area (TPSA) is 71.0 Å². The molecule has 0 aromatic carbocycles. The molecule has 0 aliphatic heterocycles. The van der Waals surface area contributed by atoms with Crippen LogP contribution in [0.15, 0.2) is 0 Å². The Morgan fingerprint density at radius 1 is 1.25 bits per heavy atom. The van der Waals surface area contributed by atoms with E-state index >= 15 is 0 Å². The molecule has 0 aromatic heterocycles. The van der Waals surface area contributed by atoms with E-state index in [2.05, 4.69) is 5.32 Å². The van der Waals surface area contributed by atoms with Crippen LogP contribution in [0.3, 0.4) is 0 Å². The summed E-state index contributed by atoms with van der Waals surface area (Å²) in [7, 11) is 3.08. The van der Waals surface area contributed by atoms with Gasteiger partial charge in [-0.05, 0) is 0 Å². The fourth-order valence-corrected chi connectivity index (χ4v) is 0.695. The average molecular weight is 179 g/mol. The Labute approximate surface area is 72.3 Å². The standard InChI is InChI=1S/C7H17NO4/c1-11-7(12-2)4-8-3-6(10)5-9/h6-10H,3-5H2,1-2H3. The van der Waals surface area contributed by atoms with E-state index in [4.69, 9.17) is 19.7 Å². The normalized spacial score (nSPS) is 13.8. The largest absolute Gasteiger partial charge is 0.394 e. The number of aliphatic hydroxyl groups excluding tert-OH is 2. The van der Waals surface area contributed by atoms with Gasteiger partial charge in [0.05, 0.1) is 12.7 Å². The molecule has 0 spiro atoms. The van der Waals surface area contributed by atoms with Gasteiger partial charge in [-0.25, -0.2) is 0 Å². The van der Waals surface area contributed by atoms with Crippen molar-refractivity contribution in [2.24, 2.45) is 0 Å². The Bertz CT molecular complexity index is 97.4. The number of hydrogen-bond acceptors (Lipinski definition) is 5. The molecule has 0 rings (SSSR count). The molecule has 0 saturated carbocycles. The van der Waals surface area contributed by atoms with E-state index in [9.17, 15) is 0 Å². The van der Waals surface area contributed by atoms with Crippen molar-refractivity contribution in [3.8, 4) is 0 Å². The summed E-state index contributed by atoms with van der Waals surface area (Å²) in [4.78, 5) is 0. The number of methoxy groups -OCH3 is 2. The van der Waals surface area contributed by atoms with Gasteiger partial charge in [0.1, 0.15) is 0 Å². The van der Waals surface area contributed by atoms with Crippen LogP contribution in [0.4, 0.5) is 0 Å². The van der Waals surface area contributed by atoms with Crippen LogP contribution in [0, 0.1) is 0 Å². The van der Waals surface area contributed by atoms with Crippen LogP contribution in [0.2, 0.25) is 0 Å². The molecular weight excluding hydrogens is 162 g/mol. The molecule has 1 unspecified atom stereocenters. The zero-order valence-electron chi connectivity index (χ0n) is 7.49. The molecule has 0 fully saturated rings. The Kier molecular flexibility index (Phi) is 7.33. The van der Waals surface area contributed by atoms with Crippen LogP contribution in [-0.2, 0) is 9.47 Å². The van der Waals surface area contributed by atoms with Gasteiger partial charge in [-0.2, -0.15) is 0 Å². The minimum atomic E-state index is -0.723. The minimum absolute atomic E-state index is 0.238. The van der Waals surface area contributed by atoms with E-state index in [0.29, 0.717) is 13.1 Å². The van der Waals surface area contributed by atoms with Crippen LogP contribution in [-0.4, -0.2) is 56.5 Å². The molecular formula is C7H17NO4. The van der Waals surface area contributed by atoms with Gasteiger partial charge in [-0.1, -0.05) is 0 Å². The number of aliphatic hydroxyl groups is 2. The van der Waals surface area contributed by atoms with Crippen LogP contribution in [0.5, 0.6) is 0 Å². The molecule has 0 heterocycles. The lowest BCUT2D eigenvalue weighted by atomic mass is 10.4. The molecule has 0 amide bonds. The lowest BCUT2D eigenvalue weighted by Gasteiger charge is -2.15. The summed E-state index contributed by atoms with van der Waals surface area (Å²) < 4.78 is 9.77. The average Bonchev–Trinajstić information content (AvgIpc) is 2.12. The Balaban J connectivity index is 3.28. The van der Waals surface area contributed by atoms with E-state index in [1.165, 1.54) is 14.2 Å². The molecule has 74 valence electrons. The Morgan fingerprint density at radius 2 is 1.83 bits per heavy atom. The second kappa shape index (κ2) is 7.45. The maximum Gasteiger partial charge on any atom is 0.169 e. The fourth-order valence-electron chi connectivity index (χ4n) is 0.695. The second-order valence-electron chi connectivity index (χ2n) is 2.40. The van der Waals surface area contributed by atoms with Gasteiger partial charge >= 0.3 is 0 Å². The quantitative estimate of drug-likeness (QED) is 0.417. The molecule has 5 nitrogen and oxygen atoms in total. The van der Waals surface area contributed by atoms with E-state index < -0.39 is 6.10 Å². The molecule has 0 radical (unpaired) electrons. The van der Waals surface area contributed by atoms with Crippen molar-refractivity contribution in [1.29, 1.82) is 0 Å². The van der Waals surface area contributed by atoms with Crippen LogP contribution >= 0.6 is 0 Å². The van der Waals surface area contributed by atoms with Crippen molar-refractivity contribution < 1.29 is 19.7 Å². The lowest BCUT2D eigenvalue weighted by Crippen LogP contribution is -2.36. The number of rotatable bonds is 7. The fraction of sp³-hybridized carbons (Fsp3) is 1.00. The summed E-state index contributed by atoms with van der Waals surface area (Å²) in [6, 6.07) is 0. The van der Waals surface area contributed by atoms with Gasteiger partial charge in [-0.3, -0.25) is 0 Å². The first-order valence-electron chi connectivity index (χ1n) is 3.79. The van der Waals surface area contributed by atoms with Gasteiger partial charge in [-0.15, -0.1) is 0 Å². The Hall–Kier alpha value is -0.200. The molecule has 0 saturated heterocycles. The first kappa shape index (κ1) is 11.8. The summed E-state index contributed by atoms with van der Waals surface area (Å²) in [5, 5.41) is 20.3. The first-order valence-corrected chi connectivity index (χ1v) is 3.79. The lowest BCUT2D eigenvalue weighted by molar-refractivity contribution is -0.0996. The highest BCUT2D eigenvalue weighted by Crippen LogP contribution is 1.87. The van der Waals surface area contributed by atoms with Crippen LogP contribution < -0.4 is 5.32 Å². The van der Waals surface area contributed by atoms with Crippen molar-refractivity contribution in [2.45, 2.75) is 12.4 Å². The predicted octanol–water partition coefficient (Wildman–Crippen LogP) is -1.45. The number of ether oxygens (including phenoxy) is 2. The monoisotopic (exact) mass is 179 g/mol. The summed E-state index contributed by atoms with van der Waals surface area (Å²) in [5.41, 5.74) is 0. The van der Waals surface area contributed by atoms with Gasteiger partial charge < -0.3 is 25.0 Å². The molecule has 0 aromatic rings. The van der Waals surface area contributed by atoms with Crippen molar-refractivity contribution in [1.82, 2.24) is 5.32 Å². The van der Waals surface area contributed by atoms with Gasteiger partial charge in [0.2, 0.25) is 0 Å². The van der Waals surface area contributed by atoms with E-state index in [-0.39, 0.29) is 12.9 Å². The highest BCUT2D eigenvalue weighted by atomic mass is 16.7. The number of nitrogens with one attached hydrogen (secondary N) is 1. The zero-order valence-corrected chi connectivity index (χ0v) is 7.49. The molecule has 3 N–H and O–H groups in total. The second-order valence-corrected chi connectivity index (χ2v) is 2.40. The minimum Gasteiger partial charge on any atom is -0.394 e. The van der Waals surface area contributed by atoms with E-state index in [1.807, 2.05) is 0 Å². The van der Waals surface area contributed by atoms with E-state index in [1.54, 1.807) is 0 Å². The highest BCUT2D eigenvalue weighted by molar-refractivity contribution is 4.58. The summed E-state index contributed by atoms with van der Waals surface area (Å²) in [6.07, 6.45) is -1.03. The summed E-state index contributed by atoms with van der Waals surface area (Å²) in [6.45, 7) is 0.585. The Morgan fingerprint density at radius 3 is 2.25 bits per heavy atom. The van der Waals surface area contributed by atoms with Crippen molar-refractivity contribution in [3.63, 3.8) is 0 Å². The smallest absolute Gasteiger partial charge is 0.169 e.